The van der Waals surface area contributed by atoms with Crippen LogP contribution in [0.1, 0.15) is 15.9 Å². The fraction of sp³-hybridized carbons (Fsp3) is 0. The number of aromatic hydroxyl groups is 2. The molecule has 0 radical (unpaired) electrons. The van der Waals surface area contributed by atoms with E-state index in [0.29, 0.717) is 11.6 Å². The highest BCUT2D eigenvalue weighted by molar-refractivity contribution is 6.06. The minimum Gasteiger partial charge on any atom is -0.504 e. The van der Waals surface area contributed by atoms with Gasteiger partial charge in [-0.1, -0.05) is 12.1 Å². The second-order valence-electron chi connectivity index (χ2n) is 4.10. The van der Waals surface area contributed by atoms with Crippen LogP contribution in [0, 0.1) is 11.6 Å². The molecule has 0 aliphatic heterocycles. The molecule has 0 amide bonds. The summed E-state index contributed by atoms with van der Waals surface area (Å²) in [5.41, 5.74) is 0.354. The van der Waals surface area contributed by atoms with Crippen LogP contribution in [0.3, 0.4) is 0 Å². The Morgan fingerprint density at radius 1 is 0.950 bits per heavy atom. The smallest absolute Gasteiger partial charge is 0.186 e. The van der Waals surface area contributed by atoms with E-state index in [-0.39, 0.29) is 17.1 Å². The highest BCUT2D eigenvalue weighted by Crippen LogP contribution is 2.25. The highest BCUT2D eigenvalue weighted by Gasteiger charge is 2.06. The average Bonchev–Trinajstić information content (AvgIpc) is 2.38. The van der Waals surface area contributed by atoms with Crippen molar-refractivity contribution in [3.8, 4) is 11.5 Å². The van der Waals surface area contributed by atoms with E-state index in [1.807, 2.05) is 0 Å². The summed E-state index contributed by atoms with van der Waals surface area (Å²) in [6.07, 6.45) is 2.49. The number of hydrogen-bond donors (Lipinski definition) is 2. The number of carbonyl (C=O) groups is 1. The molecule has 2 N–H and O–H groups in total. The van der Waals surface area contributed by atoms with Gasteiger partial charge in [-0.3, -0.25) is 4.79 Å². The first-order valence-electron chi connectivity index (χ1n) is 5.66. The zero-order valence-corrected chi connectivity index (χ0v) is 10.2. The van der Waals surface area contributed by atoms with E-state index in [9.17, 15) is 18.7 Å². The van der Waals surface area contributed by atoms with Gasteiger partial charge < -0.3 is 10.2 Å². The predicted octanol–water partition coefficient (Wildman–Crippen LogP) is 3.27. The maximum Gasteiger partial charge on any atom is 0.186 e. The topological polar surface area (TPSA) is 57.5 Å². The van der Waals surface area contributed by atoms with Crippen LogP contribution in [0.5, 0.6) is 11.5 Å². The van der Waals surface area contributed by atoms with Crippen molar-refractivity contribution in [3.63, 3.8) is 0 Å². The normalized spacial score (nSPS) is 10.9. The van der Waals surface area contributed by atoms with Gasteiger partial charge in [0.25, 0.3) is 0 Å². The number of phenols is 2. The van der Waals surface area contributed by atoms with E-state index in [1.54, 1.807) is 0 Å². The molecule has 5 heteroatoms. The van der Waals surface area contributed by atoms with Crippen LogP contribution in [-0.4, -0.2) is 16.0 Å². The lowest BCUT2D eigenvalue weighted by Crippen LogP contribution is -1.96. The van der Waals surface area contributed by atoms with Crippen molar-refractivity contribution < 1.29 is 23.8 Å². The standard InChI is InChI=1S/C15H10F2O3/c16-11-6-10(7-12(17)8-11)13(18)3-1-9-2-4-14(19)15(20)5-9/h1-8,19-20H/b3-1+. The zero-order valence-electron chi connectivity index (χ0n) is 10.2. The maximum absolute atomic E-state index is 13.0. The van der Waals surface area contributed by atoms with Gasteiger partial charge in [-0.05, 0) is 35.9 Å². The van der Waals surface area contributed by atoms with Gasteiger partial charge >= 0.3 is 0 Å². The Kier molecular flexibility index (Phi) is 3.79. The van der Waals surface area contributed by atoms with Crippen LogP contribution in [-0.2, 0) is 0 Å². The molecular formula is C15H10F2O3. The number of allylic oxidation sites excluding steroid dienone is 1. The van der Waals surface area contributed by atoms with E-state index in [2.05, 4.69) is 0 Å². The average molecular weight is 276 g/mol. The van der Waals surface area contributed by atoms with Gasteiger partial charge in [0.2, 0.25) is 0 Å². The van der Waals surface area contributed by atoms with E-state index < -0.39 is 17.4 Å². The van der Waals surface area contributed by atoms with Crippen molar-refractivity contribution in [1.82, 2.24) is 0 Å². The number of ketones is 1. The number of rotatable bonds is 3. The lowest BCUT2D eigenvalue weighted by molar-refractivity contribution is 0.104. The van der Waals surface area contributed by atoms with Gasteiger partial charge in [0.05, 0.1) is 0 Å². The second-order valence-corrected chi connectivity index (χ2v) is 4.10. The van der Waals surface area contributed by atoms with Gasteiger partial charge in [-0.15, -0.1) is 0 Å². The van der Waals surface area contributed by atoms with Crippen LogP contribution in [0.25, 0.3) is 6.08 Å². The molecule has 0 fully saturated rings. The SMILES string of the molecule is O=C(/C=C/c1ccc(O)c(O)c1)c1cc(F)cc(F)c1. The Bertz CT molecular complexity index is 673. The zero-order chi connectivity index (χ0) is 14.7. The first-order chi connectivity index (χ1) is 9.45. The number of benzene rings is 2. The molecule has 0 bridgehead atoms. The van der Waals surface area contributed by atoms with Crippen LogP contribution < -0.4 is 0 Å². The third-order valence-corrected chi connectivity index (χ3v) is 2.57. The van der Waals surface area contributed by atoms with Crippen molar-refractivity contribution in [3.05, 3.63) is 65.2 Å². The summed E-state index contributed by atoms with van der Waals surface area (Å²) in [5.74, 6) is -2.83. The molecule has 0 spiro atoms. The number of carbonyl (C=O) groups excluding carboxylic acids is 1. The molecule has 0 saturated heterocycles. The molecule has 0 unspecified atom stereocenters. The third-order valence-electron chi connectivity index (χ3n) is 2.57. The predicted molar refractivity (Wildman–Crippen MR) is 69.5 cm³/mol. The molecular weight excluding hydrogens is 266 g/mol. The molecule has 2 rings (SSSR count). The minimum absolute atomic E-state index is 0.109. The van der Waals surface area contributed by atoms with Crippen molar-refractivity contribution in [2.75, 3.05) is 0 Å². The van der Waals surface area contributed by atoms with Gasteiger partial charge in [0.15, 0.2) is 17.3 Å². The van der Waals surface area contributed by atoms with Crippen LogP contribution in [0.2, 0.25) is 0 Å². The highest BCUT2D eigenvalue weighted by atomic mass is 19.1. The second kappa shape index (κ2) is 5.52. The number of hydrogen-bond acceptors (Lipinski definition) is 3. The molecule has 102 valence electrons. The number of halogens is 2. The summed E-state index contributed by atoms with van der Waals surface area (Å²) >= 11 is 0. The fourth-order valence-electron chi connectivity index (χ4n) is 1.61. The summed E-state index contributed by atoms with van der Waals surface area (Å²) in [6.45, 7) is 0. The molecule has 2 aromatic carbocycles. The maximum atomic E-state index is 13.0. The monoisotopic (exact) mass is 276 g/mol. The Morgan fingerprint density at radius 3 is 2.20 bits per heavy atom. The first kappa shape index (κ1) is 13.7. The Hall–Kier alpha value is -2.69. The van der Waals surface area contributed by atoms with Crippen molar-refractivity contribution in [2.45, 2.75) is 0 Å². The van der Waals surface area contributed by atoms with Gasteiger partial charge in [-0.2, -0.15) is 0 Å². The minimum atomic E-state index is -0.830. The van der Waals surface area contributed by atoms with E-state index in [4.69, 9.17) is 5.11 Å². The molecule has 3 nitrogen and oxygen atoms in total. The first-order valence-corrected chi connectivity index (χ1v) is 5.66. The summed E-state index contributed by atoms with van der Waals surface area (Å²) in [7, 11) is 0. The van der Waals surface area contributed by atoms with Gasteiger partial charge in [-0.25, -0.2) is 8.78 Å². The van der Waals surface area contributed by atoms with Crippen LogP contribution in [0.4, 0.5) is 8.78 Å². The molecule has 0 saturated carbocycles. The van der Waals surface area contributed by atoms with Crippen LogP contribution in [0.15, 0.2) is 42.5 Å². The summed E-state index contributed by atoms with van der Waals surface area (Å²) < 4.78 is 25.9. The molecule has 0 atom stereocenters. The molecule has 0 heterocycles. The molecule has 0 aliphatic carbocycles. The molecule has 20 heavy (non-hydrogen) atoms. The molecule has 2 aromatic rings. The Morgan fingerprint density at radius 2 is 1.60 bits per heavy atom. The fourth-order valence-corrected chi connectivity index (χ4v) is 1.61. The quantitative estimate of drug-likeness (QED) is 0.514. The number of phenolic OH excluding ortho intramolecular Hbond substituents is 2. The van der Waals surface area contributed by atoms with E-state index in [0.717, 1.165) is 18.2 Å². The molecule has 0 aliphatic rings. The van der Waals surface area contributed by atoms with Gasteiger partial charge in [0, 0.05) is 11.6 Å². The van der Waals surface area contributed by atoms with Gasteiger partial charge in [0.1, 0.15) is 11.6 Å². The van der Waals surface area contributed by atoms with E-state index in [1.165, 1.54) is 24.3 Å². The largest absolute Gasteiger partial charge is 0.504 e. The van der Waals surface area contributed by atoms with Crippen molar-refractivity contribution in [2.24, 2.45) is 0 Å². The van der Waals surface area contributed by atoms with E-state index >= 15 is 0 Å². The third kappa shape index (κ3) is 3.20. The Balaban J connectivity index is 2.22. The van der Waals surface area contributed by atoms with Crippen molar-refractivity contribution in [1.29, 1.82) is 0 Å². The summed E-state index contributed by atoms with van der Waals surface area (Å²) in [4.78, 5) is 11.7. The lowest BCUT2D eigenvalue weighted by atomic mass is 10.1. The molecule has 0 aromatic heterocycles. The van der Waals surface area contributed by atoms with Crippen LogP contribution >= 0.6 is 0 Å². The summed E-state index contributed by atoms with van der Waals surface area (Å²) in [6, 6.07) is 6.55. The Labute approximate surface area is 113 Å². The lowest BCUT2D eigenvalue weighted by Gasteiger charge is -1.99. The summed E-state index contributed by atoms with van der Waals surface area (Å²) in [5, 5.41) is 18.4. The van der Waals surface area contributed by atoms with Crippen molar-refractivity contribution >= 4 is 11.9 Å².